The maximum Gasteiger partial charge on any atom is 0.412 e. The molecule has 2 aliphatic rings. The summed E-state index contributed by atoms with van der Waals surface area (Å²) in [7, 11) is 0. The Labute approximate surface area is 226 Å². The molecule has 1 N–H and O–H groups in total. The highest BCUT2D eigenvalue weighted by molar-refractivity contribution is 6.31. The molecule has 1 saturated carbocycles. The van der Waals surface area contributed by atoms with Gasteiger partial charge in [-0.1, -0.05) is 35.7 Å². The number of nitrogens with zero attached hydrogens (tertiary/aromatic N) is 3. The average Bonchev–Trinajstić information content (AvgIpc) is 3.60. The van der Waals surface area contributed by atoms with Crippen LogP contribution in [0.15, 0.2) is 40.9 Å². The number of benzene rings is 2. The highest BCUT2D eigenvalue weighted by Crippen LogP contribution is 2.40. The van der Waals surface area contributed by atoms with Crippen LogP contribution in [0.1, 0.15) is 76.3 Å². The lowest BCUT2D eigenvalue weighted by Crippen LogP contribution is -2.37. The zero-order valence-electron chi connectivity index (χ0n) is 21.9. The third-order valence-corrected chi connectivity index (χ3v) is 7.52. The molecule has 0 radical (unpaired) electrons. The number of aromatic nitrogens is 2. The van der Waals surface area contributed by atoms with Crippen LogP contribution in [0.25, 0.3) is 22.8 Å². The number of rotatable bonds is 6. The number of carboxylic acid groups (broad SMARTS) is 1. The molecule has 1 aliphatic heterocycles. The summed E-state index contributed by atoms with van der Waals surface area (Å²) in [6.45, 7) is 5.43. The fourth-order valence-corrected chi connectivity index (χ4v) is 5.85. The second-order valence-corrected chi connectivity index (χ2v) is 11.5. The van der Waals surface area contributed by atoms with Gasteiger partial charge in [-0.05, 0) is 93.8 Å². The van der Waals surface area contributed by atoms with Crippen molar-refractivity contribution >= 4 is 29.4 Å². The summed E-state index contributed by atoms with van der Waals surface area (Å²) < 4.78 is 10.9. The minimum Gasteiger partial charge on any atom is -0.465 e. The van der Waals surface area contributed by atoms with Gasteiger partial charge in [-0.15, -0.1) is 0 Å². The number of fused-ring (bicyclic) bond motifs is 1. The largest absolute Gasteiger partial charge is 0.465 e. The number of amides is 1. The first-order valence-electron chi connectivity index (χ1n) is 13.1. The number of carbonyl (C=O) groups excluding carboxylic acids is 1. The number of ether oxygens (including phenoxy) is 1. The van der Waals surface area contributed by atoms with Crippen LogP contribution in [0.4, 0.5) is 10.5 Å². The highest BCUT2D eigenvalue weighted by atomic mass is 35.5. The summed E-state index contributed by atoms with van der Waals surface area (Å²) in [5.41, 5.74) is 3.55. The van der Waals surface area contributed by atoms with Crippen molar-refractivity contribution in [2.45, 2.75) is 83.3 Å². The van der Waals surface area contributed by atoms with Crippen molar-refractivity contribution in [2.24, 2.45) is 0 Å². The predicted molar refractivity (Wildman–Crippen MR) is 144 cm³/mol. The van der Waals surface area contributed by atoms with Gasteiger partial charge in [0.2, 0.25) is 5.82 Å². The maximum absolute atomic E-state index is 12.2. The summed E-state index contributed by atoms with van der Waals surface area (Å²) in [4.78, 5) is 30.2. The van der Waals surface area contributed by atoms with Gasteiger partial charge in [-0.25, -0.2) is 4.79 Å². The molecule has 0 spiro atoms. The second kappa shape index (κ2) is 10.4. The molecule has 1 aromatic heterocycles. The van der Waals surface area contributed by atoms with Gasteiger partial charge in [0.15, 0.2) is 0 Å². The molecule has 3 aromatic rings. The SMILES string of the molecule is CC(C)(C)OC(=O)CCC1Cc2cc(-c3noc(-c4ccc(C5CCCC5)c(Cl)c4)n3)ccc2N1C(=O)O. The van der Waals surface area contributed by atoms with E-state index in [0.717, 1.165) is 21.7 Å². The molecule has 1 aliphatic carbocycles. The molecule has 5 rings (SSSR count). The van der Waals surface area contributed by atoms with Gasteiger partial charge in [0.1, 0.15) is 5.60 Å². The molecule has 1 fully saturated rings. The molecule has 8 nitrogen and oxygen atoms in total. The van der Waals surface area contributed by atoms with Crippen LogP contribution in [-0.4, -0.2) is 39.0 Å². The first kappa shape index (κ1) is 26.2. The minimum absolute atomic E-state index is 0.142. The van der Waals surface area contributed by atoms with Crippen molar-refractivity contribution in [1.82, 2.24) is 10.1 Å². The van der Waals surface area contributed by atoms with E-state index in [2.05, 4.69) is 16.2 Å². The van der Waals surface area contributed by atoms with E-state index in [0.29, 0.717) is 36.2 Å². The summed E-state index contributed by atoms with van der Waals surface area (Å²) in [6, 6.07) is 11.0. The summed E-state index contributed by atoms with van der Waals surface area (Å²) in [5.74, 6) is 0.968. The minimum atomic E-state index is -1.05. The number of carbonyl (C=O) groups is 2. The molecule has 38 heavy (non-hydrogen) atoms. The molecule has 1 atom stereocenters. The van der Waals surface area contributed by atoms with Crippen molar-refractivity contribution in [3.05, 3.63) is 52.5 Å². The third-order valence-electron chi connectivity index (χ3n) is 7.19. The van der Waals surface area contributed by atoms with E-state index >= 15 is 0 Å². The number of halogens is 1. The van der Waals surface area contributed by atoms with Crippen molar-refractivity contribution in [1.29, 1.82) is 0 Å². The van der Waals surface area contributed by atoms with Crippen LogP contribution in [-0.2, 0) is 16.0 Å². The summed E-state index contributed by atoms with van der Waals surface area (Å²) in [5, 5.41) is 14.8. The molecular formula is C29H32ClN3O5. The molecule has 1 amide bonds. The van der Waals surface area contributed by atoms with E-state index in [1.165, 1.54) is 36.1 Å². The van der Waals surface area contributed by atoms with E-state index in [9.17, 15) is 14.7 Å². The fourth-order valence-electron chi connectivity index (χ4n) is 5.52. The van der Waals surface area contributed by atoms with Crippen molar-refractivity contribution in [3.8, 4) is 22.8 Å². The standard InChI is InChI=1S/C29H32ClN3O5/c1-29(2,3)37-25(34)13-10-21-15-20-14-18(9-12-24(20)33(21)28(35)36)26-31-27(38-32-26)19-8-11-22(23(30)16-19)17-6-4-5-7-17/h8-9,11-12,14,16-17,21H,4-7,10,13,15H2,1-3H3,(H,35,36). The Bertz CT molecular complexity index is 1360. The van der Waals surface area contributed by atoms with Crippen LogP contribution in [0, 0.1) is 0 Å². The molecule has 2 aromatic carbocycles. The lowest BCUT2D eigenvalue weighted by atomic mass is 9.96. The monoisotopic (exact) mass is 537 g/mol. The number of hydrogen-bond donors (Lipinski definition) is 1. The smallest absolute Gasteiger partial charge is 0.412 e. The fraction of sp³-hybridized carbons (Fsp3) is 0.448. The number of anilines is 1. The van der Waals surface area contributed by atoms with E-state index in [1.54, 1.807) is 12.1 Å². The zero-order valence-corrected chi connectivity index (χ0v) is 22.6. The number of hydrogen-bond acceptors (Lipinski definition) is 6. The first-order chi connectivity index (χ1) is 18.1. The van der Waals surface area contributed by atoms with Gasteiger partial charge in [0.25, 0.3) is 5.89 Å². The van der Waals surface area contributed by atoms with Crippen LogP contribution >= 0.6 is 11.6 Å². The Morgan fingerprint density at radius 3 is 2.55 bits per heavy atom. The van der Waals surface area contributed by atoms with E-state index in [4.69, 9.17) is 20.9 Å². The Kier molecular flexibility index (Phi) is 7.18. The molecule has 0 bridgehead atoms. The van der Waals surface area contributed by atoms with Crippen molar-refractivity contribution in [2.75, 3.05) is 4.90 Å². The average molecular weight is 538 g/mol. The van der Waals surface area contributed by atoms with Gasteiger partial charge in [0.05, 0.1) is 5.69 Å². The molecule has 1 unspecified atom stereocenters. The van der Waals surface area contributed by atoms with Crippen LogP contribution in [0.5, 0.6) is 0 Å². The molecule has 2 heterocycles. The van der Waals surface area contributed by atoms with Crippen LogP contribution in [0.2, 0.25) is 5.02 Å². The van der Waals surface area contributed by atoms with E-state index in [1.807, 2.05) is 39.0 Å². The van der Waals surface area contributed by atoms with Crippen molar-refractivity contribution < 1.29 is 24.0 Å². The van der Waals surface area contributed by atoms with Gasteiger partial charge in [-0.3, -0.25) is 9.69 Å². The van der Waals surface area contributed by atoms with Gasteiger partial charge < -0.3 is 14.4 Å². The Morgan fingerprint density at radius 1 is 1.13 bits per heavy atom. The number of esters is 1. The molecular weight excluding hydrogens is 506 g/mol. The Morgan fingerprint density at radius 2 is 1.87 bits per heavy atom. The van der Waals surface area contributed by atoms with Gasteiger partial charge >= 0.3 is 12.1 Å². The van der Waals surface area contributed by atoms with Gasteiger partial charge in [0, 0.05) is 28.6 Å². The molecule has 200 valence electrons. The summed E-state index contributed by atoms with van der Waals surface area (Å²) >= 11 is 6.61. The van der Waals surface area contributed by atoms with Crippen LogP contribution < -0.4 is 4.90 Å². The highest BCUT2D eigenvalue weighted by Gasteiger charge is 2.35. The zero-order chi connectivity index (χ0) is 27.0. The Balaban J connectivity index is 1.32. The van der Waals surface area contributed by atoms with Crippen LogP contribution in [0.3, 0.4) is 0 Å². The van der Waals surface area contributed by atoms with Gasteiger partial charge in [-0.2, -0.15) is 4.98 Å². The third kappa shape index (κ3) is 5.55. The van der Waals surface area contributed by atoms with E-state index in [-0.39, 0.29) is 18.4 Å². The topological polar surface area (TPSA) is 106 Å². The molecule has 0 saturated heterocycles. The normalized spacial score (nSPS) is 17.6. The first-order valence-corrected chi connectivity index (χ1v) is 13.5. The maximum atomic E-state index is 12.2. The molecule has 9 heteroatoms. The Hall–Kier alpha value is -3.39. The van der Waals surface area contributed by atoms with E-state index < -0.39 is 11.7 Å². The lowest BCUT2D eigenvalue weighted by Gasteiger charge is -2.23. The second-order valence-electron chi connectivity index (χ2n) is 11.1. The quantitative estimate of drug-likeness (QED) is 0.330. The van der Waals surface area contributed by atoms with Crippen molar-refractivity contribution in [3.63, 3.8) is 0 Å². The lowest BCUT2D eigenvalue weighted by molar-refractivity contribution is -0.155. The summed E-state index contributed by atoms with van der Waals surface area (Å²) in [6.07, 6.45) is 4.77. The predicted octanol–water partition coefficient (Wildman–Crippen LogP) is 7.25.